The minimum Gasteiger partial charge on any atom is -0.508 e. The van der Waals surface area contributed by atoms with Gasteiger partial charge in [0.2, 0.25) is 0 Å². The van der Waals surface area contributed by atoms with Crippen molar-refractivity contribution in [3.63, 3.8) is 0 Å². The Morgan fingerprint density at radius 2 is 1.63 bits per heavy atom. The molecule has 2 aromatic carbocycles. The van der Waals surface area contributed by atoms with Crippen molar-refractivity contribution < 1.29 is 29.5 Å². The van der Waals surface area contributed by atoms with Crippen molar-refractivity contribution >= 4 is 31.4 Å². The average molecular weight is 358 g/mol. The Morgan fingerprint density at radius 1 is 0.963 bits per heavy atom. The quantitative estimate of drug-likeness (QED) is 0.660. The number of benzene rings is 2. The summed E-state index contributed by atoms with van der Waals surface area (Å²) >= 11 is 0. The number of phenolic OH excluding ortho intramolecular Hbond substituents is 2. The van der Waals surface area contributed by atoms with Crippen LogP contribution in [0.3, 0.4) is 0 Å². The van der Waals surface area contributed by atoms with Gasteiger partial charge in [-0.2, -0.15) is 0 Å². The summed E-state index contributed by atoms with van der Waals surface area (Å²) in [4.78, 5) is 0. The molecule has 0 fully saturated rings. The van der Waals surface area contributed by atoms with E-state index in [9.17, 15) is 15.3 Å². The number of rotatable bonds is 5. The Labute approximate surface area is 162 Å². The second kappa shape index (κ2) is 7.72. The molecule has 2 atom stereocenters. The van der Waals surface area contributed by atoms with E-state index in [0.717, 1.165) is 0 Å². The number of aromatic hydroxyl groups is 2. The topological polar surface area (TPSA) is 88.4 Å². The maximum Gasteiger partial charge on any atom is 0.159 e. The highest BCUT2D eigenvalue weighted by Crippen LogP contribution is 2.43. The van der Waals surface area contributed by atoms with Gasteiger partial charge < -0.3 is 29.5 Å². The van der Waals surface area contributed by atoms with Crippen LogP contribution in [-0.2, 0) is 6.42 Å². The van der Waals surface area contributed by atoms with Gasteiger partial charge >= 0.3 is 0 Å². The first-order valence-corrected chi connectivity index (χ1v) is 8.13. The van der Waals surface area contributed by atoms with Crippen molar-refractivity contribution in [3.8, 4) is 28.7 Å². The zero-order chi connectivity index (χ0) is 19.7. The van der Waals surface area contributed by atoms with Crippen LogP contribution in [0.5, 0.6) is 28.7 Å². The van der Waals surface area contributed by atoms with Crippen LogP contribution >= 0.6 is 0 Å². The Hall–Kier alpha value is -2.34. The molecule has 2 aromatic rings. The zero-order valence-electron chi connectivity index (χ0n) is 14.3. The second-order valence-electron chi connectivity index (χ2n) is 6.12. The molecule has 3 rings (SSSR count). The molecule has 6 nitrogen and oxygen atoms in total. The van der Waals surface area contributed by atoms with Crippen LogP contribution in [0.4, 0.5) is 0 Å². The second-order valence-corrected chi connectivity index (χ2v) is 6.12. The Morgan fingerprint density at radius 3 is 2.30 bits per heavy atom. The van der Waals surface area contributed by atoms with E-state index in [1.54, 1.807) is 6.07 Å². The highest BCUT2D eigenvalue weighted by atomic mass is 16.5. The van der Waals surface area contributed by atoms with Crippen molar-refractivity contribution in [2.45, 2.75) is 30.4 Å². The number of hydrogen-bond acceptors (Lipinski definition) is 6. The zero-order valence-corrected chi connectivity index (χ0v) is 14.3. The maximum absolute atomic E-state index is 10.5. The molecule has 3 N–H and O–H groups in total. The third kappa shape index (κ3) is 4.33. The van der Waals surface area contributed by atoms with Crippen molar-refractivity contribution in [2.75, 3.05) is 0 Å². The molecule has 1 aliphatic rings. The Bertz CT molecular complexity index is 829. The largest absolute Gasteiger partial charge is 0.508 e. The van der Waals surface area contributed by atoms with Gasteiger partial charge in [-0.25, -0.2) is 0 Å². The molecule has 0 aromatic heterocycles. The van der Waals surface area contributed by atoms with Gasteiger partial charge in [0.05, 0.1) is 6.10 Å². The molecule has 0 amide bonds. The number of fused-ring (bicyclic) bond motifs is 1. The van der Waals surface area contributed by atoms with Crippen LogP contribution in [-0.4, -0.2) is 64.6 Å². The van der Waals surface area contributed by atoms with Crippen molar-refractivity contribution in [1.29, 1.82) is 0 Å². The minimum absolute atomic E-state index is 0.130. The van der Waals surface area contributed by atoms with Crippen LogP contribution in [0.15, 0.2) is 30.3 Å². The Balaban J connectivity index is 1.95. The lowest BCUT2D eigenvalue weighted by Crippen LogP contribution is -2.30. The van der Waals surface area contributed by atoms with Crippen molar-refractivity contribution in [1.82, 2.24) is 0 Å². The highest BCUT2D eigenvalue weighted by Gasteiger charge is 2.32. The molecule has 0 bridgehead atoms. The van der Waals surface area contributed by atoms with E-state index in [1.165, 1.54) is 24.3 Å². The normalized spacial score (nSPS) is 18.8. The van der Waals surface area contributed by atoms with Gasteiger partial charge in [0.15, 0.2) is 11.5 Å². The fraction of sp³-hybridized carbons (Fsp3) is 0.294. The predicted octanol–water partition coefficient (Wildman–Crippen LogP) is 0.134. The average Bonchev–Trinajstić information content (AvgIpc) is 2.56. The van der Waals surface area contributed by atoms with E-state index in [1.807, 2.05) is 0 Å². The summed E-state index contributed by atoms with van der Waals surface area (Å²) in [6.07, 6.45) is -1.63. The van der Waals surface area contributed by atoms with Crippen LogP contribution < -0.4 is 14.2 Å². The molecule has 0 saturated carbocycles. The summed E-state index contributed by atoms with van der Waals surface area (Å²) in [7, 11) is 21.8. The van der Waals surface area contributed by atoms with Gasteiger partial charge in [0.1, 0.15) is 54.7 Å². The first-order chi connectivity index (χ1) is 12.7. The molecule has 10 heteroatoms. The van der Waals surface area contributed by atoms with Gasteiger partial charge in [-0.15, -0.1) is 0 Å². The third-order valence-corrected chi connectivity index (χ3v) is 4.01. The fourth-order valence-electron chi connectivity index (χ4n) is 2.93. The molecule has 27 heavy (non-hydrogen) atoms. The predicted molar refractivity (Wildman–Crippen MR) is 101 cm³/mol. The van der Waals surface area contributed by atoms with E-state index in [-0.39, 0.29) is 35.2 Å². The number of hydrogen-bond donors (Lipinski definition) is 3. The van der Waals surface area contributed by atoms with Gasteiger partial charge in [-0.05, 0) is 17.7 Å². The summed E-state index contributed by atoms with van der Waals surface area (Å²) in [5, 5.41) is 30.1. The summed E-state index contributed by atoms with van der Waals surface area (Å²) in [5.41, 5.74) is 0.940. The lowest BCUT2D eigenvalue weighted by Gasteiger charge is -2.32. The monoisotopic (exact) mass is 358 g/mol. The number of aliphatic hydroxyl groups is 1. The summed E-state index contributed by atoms with van der Waals surface area (Å²) in [5.74, 6) is -1.85. The molecule has 0 saturated heterocycles. The van der Waals surface area contributed by atoms with Crippen LogP contribution in [0.2, 0.25) is 0 Å². The van der Waals surface area contributed by atoms with E-state index >= 15 is 0 Å². The van der Waals surface area contributed by atoms with Gasteiger partial charge in [-0.3, -0.25) is 0 Å². The van der Waals surface area contributed by atoms with Crippen LogP contribution in [0.1, 0.15) is 17.2 Å². The van der Waals surface area contributed by atoms with Gasteiger partial charge in [0.25, 0.3) is 0 Å². The molecule has 1 aliphatic heterocycles. The summed E-state index contributed by atoms with van der Waals surface area (Å²) < 4.78 is 16.4. The van der Waals surface area contributed by atoms with Crippen LogP contribution in [0, 0.1) is 0 Å². The lowest BCUT2D eigenvalue weighted by molar-refractivity contribution is 0.0196. The standard InChI is InChI=1S/C17H14B4O6/c18-16(19)26-12-2-1-7(3-14(12)27-17(20)21)15-11(24)6-9-10(23)4-8(22)5-13(9)25-15/h1-5,11,15-17,22-24H,6H2/t11-,15-/m0/s1. The molecule has 0 spiro atoms. The maximum atomic E-state index is 10.5. The number of ether oxygens (including phenoxy) is 3. The summed E-state index contributed by atoms with van der Waals surface area (Å²) in [6, 6.07) is 7.25. The SMILES string of the molecule is [B]C([B])Oc1ccc([C@@H]2Oc3cc(O)cc(O)c3C[C@@H]2O)cc1OC([B])[B]. The third-order valence-electron chi connectivity index (χ3n) is 4.01. The van der Waals surface area contributed by atoms with Gasteiger partial charge in [-0.1, -0.05) is 6.07 Å². The molecule has 1 heterocycles. The molecule has 8 radical (unpaired) electrons. The Kier molecular flexibility index (Phi) is 5.56. The smallest absolute Gasteiger partial charge is 0.159 e. The first-order valence-electron chi connectivity index (χ1n) is 8.13. The number of phenols is 2. The number of aliphatic hydroxyl groups excluding tert-OH is 1. The molecular formula is C17H14B4O6. The molecule has 130 valence electrons. The lowest BCUT2D eigenvalue weighted by atomic mass is 9.81. The van der Waals surface area contributed by atoms with Crippen molar-refractivity contribution in [2.24, 2.45) is 0 Å². The van der Waals surface area contributed by atoms with Crippen molar-refractivity contribution in [3.05, 3.63) is 41.5 Å². The molecular weight excluding hydrogens is 343 g/mol. The van der Waals surface area contributed by atoms with E-state index in [0.29, 0.717) is 11.1 Å². The van der Waals surface area contributed by atoms with E-state index in [2.05, 4.69) is 0 Å². The minimum atomic E-state index is -1.12. The summed E-state index contributed by atoms with van der Waals surface area (Å²) in [6.45, 7) is 0. The first kappa shape index (κ1) is 19.4. The molecule has 0 unspecified atom stereocenters. The fourth-order valence-corrected chi connectivity index (χ4v) is 2.93. The molecule has 0 aliphatic carbocycles. The van der Waals surface area contributed by atoms with Gasteiger partial charge in [0, 0.05) is 35.9 Å². The van der Waals surface area contributed by atoms with E-state index in [4.69, 9.17) is 45.6 Å². The highest BCUT2D eigenvalue weighted by molar-refractivity contribution is 6.35. The van der Waals surface area contributed by atoms with E-state index < -0.39 is 24.0 Å². The van der Waals surface area contributed by atoms with Crippen LogP contribution in [0.25, 0.3) is 0 Å².